The minimum Gasteiger partial charge on any atom is -0.446 e. The largest absolute Gasteiger partial charge is 0.446 e. The maximum absolute atomic E-state index is 12.0. The zero-order valence-corrected chi connectivity index (χ0v) is 12.3. The average molecular weight is 294 g/mol. The number of aliphatic hydroxyl groups is 1. The van der Waals surface area contributed by atoms with Crippen LogP contribution in [0.3, 0.4) is 0 Å². The molecule has 0 radical (unpaired) electrons. The summed E-state index contributed by atoms with van der Waals surface area (Å²) >= 11 is 0. The molecule has 0 aromatic carbocycles. The van der Waals surface area contributed by atoms with Crippen LogP contribution in [0.15, 0.2) is 0 Å². The summed E-state index contributed by atoms with van der Waals surface area (Å²) in [5, 5.41) is 9.83. The minimum atomic E-state index is -3.99. The summed E-state index contributed by atoms with van der Waals surface area (Å²) in [6.45, 7) is 3.25. The van der Waals surface area contributed by atoms with E-state index >= 15 is 0 Å². The Kier molecular flexibility index (Phi) is 5.57. The zero-order valence-electron chi connectivity index (χ0n) is 11.5. The fourth-order valence-electron chi connectivity index (χ4n) is 2.11. The molecule has 19 heavy (non-hydrogen) atoms. The molecule has 0 heterocycles. The maximum Gasteiger partial charge on any atom is 0.422 e. The van der Waals surface area contributed by atoms with Crippen molar-refractivity contribution in [1.29, 1.82) is 0 Å². The summed E-state index contributed by atoms with van der Waals surface area (Å²) in [4.78, 5) is 11.3. The van der Waals surface area contributed by atoms with E-state index in [-0.39, 0.29) is 0 Å². The third kappa shape index (κ3) is 4.63. The van der Waals surface area contributed by atoms with Crippen LogP contribution in [0, 0.1) is 0 Å². The van der Waals surface area contributed by atoms with Gasteiger partial charge in [0.1, 0.15) is 0 Å². The number of hydrogen-bond donors (Lipinski definition) is 2. The van der Waals surface area contributed by atoms with Crippen molar-refractivity contribution in [2.45, 2.75) is 57.8 Å². The Bertz CT molecular complexity index is 409. The van der Waals surface area contributed by atoms with Crippen molar-refractivity contribution in [1.82, 2.24) is 9.03 Å². The third-order valence-electron chi connectivity index (χ3n) is 3.10. The topological polar surface area (TPSA) is 95.9 Å². The molecule has 0 bridgehead atoms. The number of amides is 1. The molecular weight excluding hydrogens is 272 g/mol. The molecule has 0 spiro atoms. The van der Waals surface area contributed by atoms with E-state index in [1.807, 2.05) is 4.72 Å². The van der Waals surface area contributed by atoms with Crippen LogP contribution >= 0.6 is 0 Å². The molecule has 1 fully saturated rings. The average Bonchev–Trinajstić information content (AvgIpc) is 2.26. The van der Waals surface area contributed by atoms with E-state index in [1.54, 1.807) is 13.8 Å². The van der Waals surface area contributed by atoms with Crippen molar-refractivity contribution in [2.75, 3.05) is 7.05 Å². The van der Waals surface area contributed by atoms with Crippen LogP contribution in [-0.4, -0.2) is 49.2 Å². The van der Waals surface area contributed by atoms with Gasteiger partial charge in [0.2, 0.25) is 0 Å². The maximum atomic E-state index is 12.0. The van der Waals surface area contributed by atoms with Crippen LogP contribution in [0.5, 0.6) is 0 Å². The summed E-state index contributed by atoms with van der Waals surface area (Å²) in [7, 11) is -2.64. The molecule has 1 rings (SSSR count). The van der Waals surface area contributed by atoms with Gasteiger partial charge in [-0.1, -0.05) is 12.8 Å². The molecular formula is C11H22N2O5S. The SMILES string of the molecule is CC(C)OC(=O)NS(=O)(=O)N(C)C1CCCCC1O. The van der Waals surface area contributed by atoms with Gasteiger partial charge in [-0.2, -0.15) is 12.7 Å². The Morgan fingerprint density at radius 1 is 1.37 bits per heavy atom. The standard InChI is InChI=1S/C11H22N2O5S/c1-8(2)18-11(15)12-19(16,17)13(3)9-6-4-5-7-10(9)14/h8-10,14H,4-7H2,1-3H3,(H,12,15). The van der Waals surface area contributed by atoms with E-state index in [4.69, 9.17) is 4.74 Å². The normalized spacial score (nSPS) is 24.5. The van der Waals surface area contributed by atoms with Crippen LogP contribution in [0.4, 0.5) is 4.79 Å². The minimum absolute atomic E-state index is 0.402. The predicted octanol–water partition coefficient (Wildman–Crippen LogP) is 0.601. The van der Waals surface area contributed by atoms with Crippen LogP contribution < -0.4 is 4.72 Å². The highest BCUT2D eigenvalue weighted by molar-refractivity contribution is 7.87. The lowest BCUT2D eigenvalue weighted by Crippen LogP contribution is -2.51. The first-order chi connectivity index (χ1) is 8.74. The lowest BCUT2D eigenvalue weighted by Gasteiger charge is -2.34. The molecule has 0 aromatic heterocycles. The Morgan fingerprint density at radius 2 is 1.95 bits per heavy atom. The highest BCUT2D eigenvalue weighted by atomic mass is 32.2. The summed E-state index contributed by atoms with van der Waals surface area (Å²) in [6.07, 6.45) is 0.787. The second kappa shape index (κ2) is 6.53. The van der Waals surface area contributed by atoms with Crippen LogP contribution in [0.25, 0.3) is 0 Å². The smallest absolute Gasteiger partial charge is 0.422 e. The molecule has 1 amide bonds. The van der Waals surface area contributed by atoms with Crippen molar-refractivity contribution < 1.29 is 23.1 Å². The Morgan fingerprint density at radius 3 is 2.47 bits per heavy atom. The lowest BCUT2D eigenvalue weighted by molar-refractivity contribution is 0.0628. The van der Waals surface area contributed by atoms with Crippen molar-refractivity contribution in [3.8, 4) is 0 Å². The van der Waals surface area contributed by atoms with Gasteiger partial charge in [-0.25, -0.2) is 9.52 Å². The zero-order chi connectivity index (χ0) is 14.6. The van der Waals surface area contributed by atoms with Crippen molar-refractivity contribution in [3.05, 3.63) is 0 Å². The van der Waals surface area contributed by atoms with E-state index in [0.29, 0.717) is 12.8 Å². The van der Waals surface area contributed by atoms with Crippen molar-refractivity contribution in [3.63, 3.8) is 0 Å². The van der Waals surface area contributed by atoms with E-state index in [9.17, 15) is 18.3 Å². The van der Waals surface area contributed by atoms with E-state index in [2.05, 4.69) is 0 Å². The first kappa shape index (κ1) is 16.2. The second-order valence-electron chi connectivity index (χ2n) is 5.00. The molecule has 8 heteroatoms. The highest BCUT2D eigenvalue weighted by Crippen LogP contribution is 2.23. The van der Waals surface area contributed by atoms with Gasteiger partial charge in [-0.3, -0.25) is 0 Å². The van der Waals surface area contributed by atoms with Gasteiger partial charge in [0.15, 0.2) is 0 Å². The number of nitrogens with zero attached hydrogens (tertiary/aromatic N) is 1. The van der Waals surface area contributed by atoms with Crippen LogP contribution in [0.2, 0.25) is 0 Å². The molecule has 2 unspecified atom stereocenters. The Balaban J connectivity index is 2.68. The molecule has 1 aliphatic rings. The molecule has 1 aliphatic carbocycles. The number of likely N-dealkylation sites (N-methyl/N-ethyl adjacent to an activating group) is 1. The number of rotatable bonds is 4. The van der Waals surface area contributed by atoms with Gasteiger partial charge in [-0.05, 0) is 26.7 Å². The van der Waals surface area contributed by atoms with E-state index in [1.165, 1.54) is 7.05 Å². The highest BCUT2D eigenvalue weighted by Gasteiger charge is 2.34. The monoisotopic (exact) mass is 294 g/mol. The molecule has 0 saturated heterocycles. The first-order valence-corrected chi connectivity index (χ1v) is 7.82. The quantitative estimate of drug-likeness (QED) is 0.791. The van der Waals surface area contributed by atoms with Gasteiger partial charge in [-0.15, -0.1) is 0 Å². The first-order valence-electron chi connectivity index (χ1n) is 6.38. The van der Waals surface area contributed by atoms with Crippen molar-refractivity contribution in [2.24, 2.45) is 0 Å². The molecule has 2 atom stereocenters. The number of carbonyl (C=O) groups excluding carboxylic acids is 1. The summed E-state index contributed by atoms with van der Waals surface area (Å²) in [5.41, 5.74) is 0. The molecule has 0 aliphatic heterocycles. The van der Waals surface area contributed by atoms with Gasteiger partial charge >= 0.3 is 16.3 Å². The van der Waals surface area contributed by atoms with Crippen molar-refractivity contribution >= 4 is 16.3 Å². The van der Waals surface area contributed by atoms with Crippen LogP contribution in [-0.2, 0) is 14.9 Å². The molecule has 1 saturated carbocycles. The summed E-state index contributed by atoms with van der Waals surface area (Å²) in [6, 6.07) is -0.502. The molecule has 112 valence electrons. The van der Waals surface area contributed by atoms with Gasteiger partial charge in [0, 0.05) is 7.05 Å². The number of aliphatic hydroxyl groups excluding tert-OH is 1. The van der Waals surface area contributed by atoms with E-state index in [0.717, 1.165) is 17.1 Å². The number of carbonyl (C=O) groups is 1. The van der Waals surface area contributed by atoms with Gasteiger partial charge < -0.3 is 9.84 Å². The molecule has 7 nitrogen and oxygen atoms in total. The second-order valence-corrected chi connectivity index (χ2v) is 6.73. The van der Waals surface area contributed by atoms with E-state index < -0.39 is 34.6 Å². The predicted molar refractivity (Wildman–Crippen MR) is 69.7 cm³/mol. The number of nitrogens with one attached hydrogen (secondary N) is 1. The van der Waals surface area contributed by atoms with Crippen LogP contribution in [0.1, 0.15) is 39.5 Å². The van der Waals surface area contributed by atoms with Gasteiger partial charge in [0.05, 0.1) is 18.2 Å². The third-order valence-corrected chi connectivity index (χ3v) is 4.55. The number of ether oxygens (including phenoxy) is 1. The Labute approximate surface area is 114 Å². The Hall–Kier alpha value is -0.860. The fraction of sp³-hybridized carbons (Fsp3) is 0.909. The summed E-state index contributed by atoms with van der Waals surface area (Å²) in [5.74, 6) is 0. The summed E-state index contributed by atoms with van der Waals surface area (Å²) < 4.78 is 31.5. The molecule has 2 N–H and O–H groups in total. The fourth-order valence-corrected chi connectivity index (χ4v) is 3.11. The number of hydrogen-bond acceptors (Lipinski definition) is 5. The van der Waals surface area contributed by atoms with Gasteiger partial charge in [0.25, 0.3) is 0 Å². The molecule has 0 aromatic rings. The lowest BCUT2D eigenvalue weighted by atomic mass is 9.93.